The van der Waals surface area contributed by atoms with Crippen LogP contribution >= 0.6 is 11.3 Å². The van der Waals surface area contributed by atoms with Crippen LogP contribution in [-0.4, -0.2) is 16.1 Å². The van der Waals surface area contributed by atoms with Crippen LogP contribution in [0, 0.1) is 0 Å². The molecule has 1 atom stereocenters. The van der Waals surface area contributed by atoms with Crippen LogP contribution in [0.1, 0.15) is 72.4 Å². The van der Waals surface area contributed by atoms with Crippen molar-refractivity contribution in [3.63, 3.8) is 0 Å². The minimum Gasteiger partial charge on any atom is -0.450 e. The predicted molar refractivity (Wildman–Crippen MR) is 130 cm³/mol. The Morgan fingerprint density at radius 1 is 1.03 bits per heavy atom. The van der Waals surface area contributed by atoms with Gasteiger partial charge in [-0.1, -0.05) is 75.4 Å². The first-order chi connectivity index (χ1) is 15.8. The fourth-order valence-electron chi connectivity index (χ4n) is 4.25. The number of anilines is 1. The normalized spacial score (nSPS) is 15.9. The van der Waals surface area contributed by atoms with Gasteiger partial charge in [0, 0.05) is 6.42 Å². The van der Waals surface area contributed by atoms with Crippen LogP contribution in [0.2, 0.25) is 0 Å². The van der Waals surface area contributed by atoms with Crippen molar-refractivity contribution in [1.29, 1.82) is 0 Å². The number of carbonyl (C=O) groups excluding carboxylic acids is 1. The average molecular weight is 460 g/mol. The Hall–Kier alpha value is -3.32. The van der Waals surface area contributed by atoms with Crippen molar-refractivity contribution in [2.75, 3.05) is 4.90 Å². The van der Waals surface area contributed by atoms with Gasteiger partial charge in [-0.05, 0) is 35.1 Å². The third-order valence-corrected chi connectivity index (χ3v) is 6.98. The van der Waals surface area contributed by atoms with Crippen LogP contribution in [0.25, 0.3) is 11.0 Å². The van der Waals surface area contributed by atoms with Gasteiger partial charge < -0.3 is 4.42 Å². The SMILES string of the molecule is CCCc1nnc(N2C(=O)c3oc4ccccc4c(=O)c3C2c2ccc(C(C)(C)C)cc2)s1. The molecule has 0 spiro atoms. The molecule has 1 aliphatic rings. The van der Waals surface area contributed by atoms with Crippen LogP contribution in [0.4, 0.5) is 5.13 Å². The minimum absolute atomic E-state index is 0.00880. The topological polar surface area (TPSA) is 76.3 Å². The third-order valence-electron chi connectivity index (χ3n) is 6.00. The van der Waals surface area contributed by atoms with Crippen LogP contribution in [0.5, 0.6) is 0 Å². The largest absolute Gasteiger partial charge is 0.450 e. The van der Waals surface area contributed by atoms with E-state index in [4.69, 9.17) is 4.42 Å². The molecule has 1 aliphatic heterocycles. The highest BCUT2D eigenvalue weighted by molar-refractivity contribution is 7.15. The molecule has 4 aromatic rings. The molecule has 0 bridgehead atoms. The van der Waals surface area contributed by atoms with Gasteiger partial charge in [-0.2, -0.15) is 0 Å². The molecule has 3 heterocycles. The summed E-state index contributed by atoms with van der Waals surface area (Å²) >= 11 is 1.38. The number of aromatic nitrogens is 2. The molecular weight excluding hydrogens is 434 g/mol. The van der Waals surface area contributed by atoms with Crippen LogP contribution in [0.15, 0.2) is 57.7 Å². The number of nitrogens with zero attached hydrogens (tertiary/aromatic N) is 3. The zero-order valence-electron chi connectivity index (χ0n) is 19.1. The summed E-state index contributed by atoms with van der Waals surface area (Å²) in [6.07, 6.45) is 1.73. The molecule has 5 rings (SSSR count). The van der Waals surface area contributed by atoms with Gasteiger partial charge in [0.2, 0.25) is 10.9 Å². The average Bonchev–Trinajstić information content (AvgIpc) is 3.36. The Balaban J connectivity index is 1.72. The minimum atomic E-state index is -0.621. The van der Waals surface area contributed by atoms with E-state index in [0.717, 1.165) is 23.4 Å². The molecule has 0 saturated carbocycles. The maximum atomic E-state index is 13.6. The van der Waals surface area contributed by atoms with Crippen LogP contribution in [0.3, 0.4) is 0 Å². The monoisotopic (exact) mass is 459 g/mol. The third kappa shape index (κ3) is 3.56. The highest BCUT2D eigenvalue weighted by Gasteiger charge is 2.45. The van der Waals surface area contributed by atoms with Crippen molar-refractivity contribution < 1.29 is 9.21 Å². The summed E-state index contributed by atoms with van der Waals surface area (Å²) in [5, 5.41) is 10.4. The molecule has 168 valence electrons. The number of para-hydroxylation sites is 1. The number of benzene rings is 2. The zero-order valence-corrected chi connectivity index (χ0v) is 19.9. The first-order valence-corrected chi connectivity index (χ1v) is 11.9. The van der Waals surface area contributed by atoms with Crippen molar-refractivity contribution in [3.05, 3.63) is 86.2 Å². The number of aryl methyl sites for hydroxylation is 1. The summed E-state index contributed by atoms with van der Waals surface area (Å²) in [6.45, 7) is 8.53. The fraction of sp³-hybridized carbons (Fsp3) is 0.308. The predicted octanol–water partition coefficient (Wildman–Crippen LogP) is 5.64. The van der Waals surface area contributed by atoms with Crippen molar-refractivity contribution in [3.8, 4) is 0 Å². The Morgan fingerprint density at radius 2 is 1.76 bits per heavy atom. The summed E-state index contributed by atoms with van der Waals surface area (Å²) in [5.41, 5.74) is 2.58. The van der Waals surface area contributed by atoms with E-state index in [9.17, 15) is 9.59 Å². The molecule has 0 saturated heterocycles. The van der Waals surface area contributed by atoms with Gasteiger partial charge in [0.25, 0.3) is 5.91 Å². The quantitative estimate of drug-likeness (QED) is 0.394. The summed E-state index contributed by atoms with van der Waals surface area (Å²) in [6, 6.07) is 14.5. The van der Waals surface area contributed by atoms with Gasteiger partial charge in [0.05, 0.1) is 17.0 Å². The molecule has 6 nitrogen and oxygen atoms in total. The fourth-order valence-corrected chi connectivity index (χ4v) is 5.22. The second-order valence-corrected chi connectivity index (χ2v) is 10.4. The first-order valence-electron chi connectivity index (χ1n) is 11.1. The van der Waals surface area contributed by atoms with Gasteiger partial charge in [-0.3, -0.25) is 14.5 Å². The lowest BCUT2D eigenvalue weighted by atomic mass is 9.86. The van der Waals surface area contributed by atoms with Crippen LogP contribution in [-0.2, 0) is 11.8 Å². The summed E-state index contributed by atoms with van der Waals surface area (Å²) in [5.74, 6) is -0.284. The Labute approximate surface area is 195 Å². The molecule has 0 aliphatic carbocycles. The van der Waals surface area contributed by atoms with Gasteiger partial charge in [0.15, 0.2) is 5.43 Å². The van der Waals surface area contributed by atoms with Gasteiger partial charge in [-0.15, -0.1) is 10.2 Å². The van der Waals surface area contributed by atoms with Crippen molar-refractivity contribution in [2.45, 2.75) is 52.0 Å². The van der Waals surface area contributed by atoms with Gasteiger partial charge >= 0.3 is 0 Å². The van der Waals surface area contributed by atoms with Crippen LogP contribution < -0.4 is 10.3 Å². The molecule has 7 heteroatoms. The number of carbonyl (C=O) groups is 1. The molecule has 2 aromatic carbocycles. The number of hydrogen-bond donors (Lipinski definition) is 0. The number of fused-ring (bicyclic) bond motifs is 2. The lowest BCUT2D eigenvalue weighted by Gasteiger charge is -2.24. The van der Waals surface area contributed by atoms with E-state index in [1.807, 2.05) is 12.1 Å². The van der Waals surface area contributed by atoms with E-state index >= 15 is 0 Å². The van der Waals surface area contributed by atoms with Crippen molar-refractivity contribution in [2.24, 2.45) is 0 Å². The van der Waals surface area contributed by atoms with E-state index in [1.165, 1.54) is 16.9 Å². The maximum Gasteiger partial charge on any atom is 0.297 e. The van der Waals surface area contributed by atoms with E-state index in [2.05, 4.69) is 50.0 Å². The second kappa shape index (κ2) is 7.92. The Bertz CT molecular complexity index is 1410. The summed E-state index contributed by atoms with van der Waals surface area (Å²) < 4.78 is 6.00. The standard InChI is InChI=1S/C26H25N3O3S/c1-5-8-19-27-28-25(33-19)29-21(15-11-13-16(14-12-15)26(2,3)4)20-22(30)17-9-6-7-10-18(17)32-23(20)24(29)31/h6-7,9-14,21H,5,8H2,1-4H3. The molecule has 33 heavy (non-hydrogen) atoms. The molecule has 1 unspecified atom stereocenters. The molecule has 0 fully saturated rings. The summed E-state index contributed by atoms with van der Waals surface area (Å²) in [7, 11) is 0. The van der Waals surface area contributed by atoms with E-state index in [1.54, 1.807) is 29.2 Å². The van der Waals surface area contributed by atoms with E-state index < -0.39 is 6.04 Å². The highest BCUT2D eigenvalue weighted by Crippen LogP contribution is 2.42. The number of amides is 1. The maximum absolute atomic E-state index is 13.6. The lowest BCUT2D eigenvalue weighted by Crippen LogP contribution is -2.29. The summed E-state index contributed by atoms with van der Waals surface area (Å²) in [4.78, 5) is 28.8. The molecule has 2 aromatic heterocycles. The zero-order chi connectivity index (χ0) is 23.3. The Morgan fingerprint density at radius 3 is 2.45 bits per heavy atom. The number of hydrogen-bond acceptors (Lipinski definition) is 6. The molecular formula is C26H25N3O3S. The van der Waals surface area contributed by atoms with Crippen molar-refractivity contribution >= 4 is 33.3 Å². The van der Waals surface area contributed by atoms with E-state index in [-0.39, 0.29) is 22.5 Å². The first kappa shape index (κ1) is 21.5. The lowest BCUT2D eigenvalue weighted by molar-refractivity contribution is 0.0970. The van der Waals surface area contributed by atoms with Crippen molar-refractivity contribution in [1.82, 2.24) is 10.2 Å². The molecule has 0 radical (unpaired) electrons. The molecule has 0 N–H and O–H groups in total. The highest BCUT2D eigenvalue weighted by atomic mass is 32.1. The van der Waals surface area contributed by atoms with Gasteiger partial charge in [-0.25, -0.2) is 0 Å². The smallest absolute Gasteiger partial charge is 0.297 e. The number of rotatable bonds is 4. The van der Waals surface area contributed by atoms with E-state index in [0.29, 0.717) is 21.7 Å². The van der Waals surface area contributed by atoms with Gasteiger partial charge in [0.1, 0.15) is 10.6 Å². The molecule has 1 amide bonds. The second-order valence-electron chi connectivity index (χ2n) is 9.35. The Kier molecular flexibility index (Phi) is 5.16.